The Balaban J connectivity index is 1.71. The smallest absolute Gasteiger partial charge is 0.254 e. The molecule has 1 aromatic heterocycles. The fraction of sp³-hybridized carbons (Fsp3) is 0.250. The molecule has 2 N–H and O–H groups in total. The number of amides is 2. The second-order valence-corrected chi connectivity index (χ2v) is 4.81. The number of furan rings is 1. The topological polar surface area (TPSA) is 71.3 Å². The van der Waals surface area contributed by atoms with Gasteiger partial charge < -0.3 is 15.1 Å². The quantitative estimate of drug-likeness (QED) is 0.852. The molecule has 0 aliphatic heterocycles. The molecule has 0 spiro atoms. The Morgan fingerprint density at radius 3 is 2.57 bits per heavy atom. The van der Waals surface area contributed by atoms with E-state index in [0.717, 1.165) is 0 Å². The van der Waals surface area contributed by atoms with Gasteiger partial charge in [0.05, 0.1) is 18.4 Å². The molecule has 0 aliphatic carbocycles. The largest absolute Gasteiger partial charge is 0.472 e. The summed E-state index contributed by atoms with van der Waals surface area (Å²) in [7, 11) is 0. The molecule has 2 rings (SSSR count). The number of hydrogen-bond donors (Lipinski definition) is 2. The van der Waals surface area contributed by atoms with Crippen molar-refractivity contribution in [3.05, 3.63) is 60.1 Å². The number of hydrogen-bond acceptors (Lipinski definition) is 3. The third-order valence-corrected chi connectivity index (χ3v) is 3.17. The minimum atomic E-state index is -0.324. The maximum Gasteiger partial charge on any atom is 0.254 e. The predicted molar refractivity (Wildman–Crippen MR) is 78.9 cm³/mol. The van der Waals surface area contributed by atoms with E-state index in [0.29, 0.717) is 12.1 Å². The monoisotopic (exact) mass is 286 g/mol. The lowest BCUT2D eigenvalue weighted by molar-refractivity contribution is -0.120. The molecular formula is C16H18N2O3. The molecule has 0 saturated carbocycles. The Morgan fingerprint density at radius 1 is 1.14 bits per heavy atom. The summed E-state index contributed by atoms with van der Waals surface area (Å²) in [5, 5.41) is 5.34. The summed E-state index contributed by atoms with van der Waals surface area (Å²) >= 11 is 0. The van der Waals surface area contributed by atoms with Gasteiger partial charge in [-0.15, -0.1) is 0 Å². The molecule has 0 radical (unpaired) electrons. The van der Waals surface area contributed by atoms with Gasteiger partial charge in [-0.2, -0.15) is 0 Å². The van der Waals surface area contributed by atoms with Crippen LogP contribution in [0, 0.1) is 0 Å². The average molecular weight is 286 g/mol. The first-order valence-electron chi connectivity index (χ1n) is 6.79. The van der Waals surface area contributed by atoms with Gasteiger partial charge in [-0.05, 0) is 17.5 Å². The predicted octanol–water partition coefficient (Wildman–Crippen LogP) is 1.93. The van der Waals surface area contributed by atoms with Gasteiger partial charge in [-0.3, -0.25) is 9.59 Å². The van der Waals surface area contributed by atoms with Gasteiger partial charge in [0.15, 0.2) is 0 Å². The number of carbonyl (C=O) groups excluding carboxylic acids is 2. The van der Waals surface area contributed by atoms with Gasteiger partial charge in [0.1, 0.15) is 6.26 Å². The Kier molecular flexibility index (Phi) is 5.15. The van der Waals surface area contributed by atoms with E-state index in [1.807, 2.05) is 37.3 Å². The van der Waals surface area contributed by atoms with Crippen LogP contribution in [-0.4, -0.2) is 24.9 Å². The van der Waals surface area contributed by atoms with E-state index in [4.69, 9.17) is 4.42 Å². The number of carbonyl (C=O) groups is 2. The number of rotatable bonds is 6. The van der Waals surface area contributed by atoms with Gasteiger partial charge >= 0.3 is 0 Å². The fourth-order valence-corrected chi connectivity index (χ4v) is 1.89. The van der Waals surface area contributed by atoms with Crippen molar-refractivity contribution < 1.29 is 14.0 Å². The van der Waals surface area contributed by atoms with Crippen LogP contribution in [0.1, 0.15) is 28.8 Å². The minimum absolute atomic E-state index is 0.0501. The summed E-state index contributed by atoms with van der Waals surface area (Å²) in [5.41, 5.74) is 1.57. The Bertz CT molecular complexity index is 579. The maximum absolute atomic E-state index is 11.7. The van der Waals surface area contributed by atoms with E-state index in [-0.39, 0.29) is 24.3 Å². The normalized spacial score (nSPS) is 11.7. The van der Waals surface area contributed by atoms with Crippen LogP contribution in [0.2, 0.25) is 0 Å². The van der Waals surface area contributed by atoms with Crippen LogP contribution in [0.3, 0.4) is 0 Å². The molecule has 0 saturated heterocycles. The van der Waals surface area contributed by atoms with E-state index in [9.17, 15) is 9.59 Å². The van der Waals surface area contributed by atoms with Crippen LogP contribution in [0.4, 0.5) is 0 Å². The first kappa shape index (κ1) is 14.8. The summed E-state index contributed by atoms with van der Waals surface area (Å²) in [4.78, 5) is 23.3. The van der Waals surface area contributed by atoms with Gasteiger partial charge in [-0.1, -0.05) is 37.3 Å². The van der Waals surface area contributed by atoms with Crippen LogP contribution in [0.5, 0.6) is 0 Å². The van der Waals surface area contributed by atoms with Crippen molar-refractivity contribution in [1.29, 1.82) is 0 Å². The SMILES string of the molecule is CC(CNC(=O)CNC(=O)c1ccoc1)c1ccccc1. The molecule has 0 fully saturated rings. The molecule has 2 aromatic rings. The van der Waals surface area contributed by atoms with Gasteiger partial charge in [0.2, 0.25) is 5.91 Å². The van der Waals surface area contributed by atoms with Gasteiger partial charge in [0, 0.05) is 6.54 Å². The molecule has 5 nitrogen and oxygen atoms in total. The molecule has 1 atom stereocenters. The fourth-order valence-electron chi connectivity index (χ4n) is 1.89. The molecule has 1 aromatic carbocycles. The van der Waals surface area contributed by atoms with E-state index in [1.165, 1.54) is 18.1 Å². The molecule has 5 heteroatoms. The van der Waals surface area contributed by atoms with Crippen LogP contribution in [0.15, 0.2) is 53.3 Å². The molecule has 110 valence electrons. The van der Waals surface area contributed by atoms with Gasteiger partial charge in [-0.25, -0.2) is 0 Å². The summed E-state index contributed by atoms with van der Waals surface area (Å²) in [6, 6.07) is 11.5. The molecular weight excluding hydrogens is 268 g/mol. The first-order valence-corrected chi connectivity index (χ1v) is 6.79. The Morgan fingerprint density at radius 2 is 1.90 bits per heavy atom. The molecule has 0 bridgehead atoms. The van der Waals surface area contributed by atoms with Crippen LogP contribution >= 0.6 is 0 Å². The zero-order valence-electron chi connectivity index (χ0n) is 11.8. The second kappa shape index (κ2) is 7.28. The van der Waals surface area contributed by atoms with Gasteiger partial charge in [0.25, 0.3) is 5.91 Å². The second-order valence-electron chi connectivity index (χ2n) is 4.81. The van der Waals surface area contributed by atoms with Crippen molar-refractivity contribution in [1.82, 2.24) is 10.6 Å². The summed E-state index contributed by atoms with van der Waals surface area (Å²) in [6.07, 6.45) is 2.75. The maximum atomic E-state index is 11.7. The van der Waals surface area contributed by atoms with Crippen molar-refractivity contribution >= 4 is 11.8 Å². The number of nitrogens with one attached hydrogen (secondary N) is 2. The highest BCUT2D eigenvalue weighted by atomic mass is 16.3. The lowest BCUT2D eigenvalue weighted by Gasteiger charge is -2.13. The molecule has 1 unspecified atom stereocenters. The highest BCUT2D eigenvalue weighted by Gasteiger charge is 2.10. The first-order chi connectivity index (χ1) is 10.2. The number of benzene rings is 1. The Labute approximate surface area is 123 Å². The van der Waals surface area contributed by atoms with Crippen LogP contribution < -0.4 is 10.6 Å². The van der Waals surface area contributed by atoms with Crippen molar-refractivity contribution in [2.75, 3.05) is 13.1 Å². The van der Waals surface area contributed by atoms with Crippen molar-refractivity contribution in [3.63, 3.8) is 0 Å². The highest BCUT2D eigenvalue weighted by molar-refractivity contribution is 5.96. The van der Waals surface area contributed by atoms with E-state index in [1.54, 1.807) is 6.07 Å². The molecule has 21 heavy (non-hydrogen) atoms. The van der Waals surface area contributed by atoms with Crippen LogP contribution in [-0.2, 0) is 4.79 Å². The zero-order chi connectivity index (χ0) is 15.1. The van der Waals surface area contributed by atoms with E-state index >= 15 is 0 Å². The summed E-state index contributed by atoms with van der Waals surface area (Å²) in [6.45, 7) is 2.52. The van der Waals surface area contributed by atoms with E-state index < -0.39 is 0 Å². The third-order valence-electron chi connectivity index (χ3n) is 3.17. The lowest BCUT2D eigenvalue weighted by Crippen LogP contribution is -2.38. The third kappa shape index (κ3) is 4.49. The summed E-state index contributed by atoms with van der Waals surface area (Å²) in [5.74, 6) is -0.315. The minimum Gasteiger partial charge on any atom is -0.472 e. The molecule has 1 heterocycles. The molecule has 0 aliphatic rings. The summed E-state index contributed by atoms with van der Waals surface area (Å²) < 4.78 is 4.81. The van der Waals surface area contributed by atoms with E-state index in [2.05, 4.69) is 10.6 Å². The van der Waals surface area contributed by atoms with Crippen LogP contribution in [0.25, 0.3) is 0 Å². The zero-order valence-corrected chi connectivity index (χ0v) is 11.8. The van der Waals surface area contributed by atoms with Crippen molar-refractivity contribution in [2.24, 2.45) is 0 Å². The molecule has 2 amide bonds. The van der Waals surface area contributed by atoms with Crippen molar-refractivity contribution in [3.8, 4) is 0 Å². The van der Waals surface area contributed by atoms with Crippen molar-refractivity contribution in [2.45, 2.75) is 12.8 Å². The average Bonchev–Trinajstić information content (AvgIpc) is 3.05. The lowest BCUT2D eigenvalue weighted by atomic mass is 10.0. The Hall–Kier alpha value is -2.56. The highest BCUT2D eigenvalue weighted by Crippen LogP contribution is 2.12. The standard InChI is InChI=1S/C16H18N2O3/c1-12(13-5-3-2-4-6-13)9-17-15(19)10-18-16(20)14-7-8-21-11-14/h2-8,11-12H,9-10H2,1H3,(H,17,19)(H,18,20).